The van der Waals surface area contributed by atoms with E-state index in [4.69, 9.17) is 4.74 Å². The molecule has 11 heteroatoms. The molecule has 0 saturated carbocycles. The van der Waals surface area contributed by atoms with Gasteiger partial charge in [0, 0.05) is 51.0 Å². The van der Waals surface area contributed by atoms with Gasteiger partial charge in [-0.15, -0.1) is 24.0 Å². The monoisotopic (exact) mass is 504 g/mol. The Bertz CT molecular complexity index is 601. The van der Waals surface area contributed by atoms with Gasteiger partial charge in [-0.25, -0.2) is 4.99 Å². The van der Waals surface area contributed by atoms with Crippen LogP contribution < -0.4 is 10.6 Å². The Kier molecular flexibility index (Phi) is 9.81. The third-order valence-corrected chi connectivity index (χ3v) is 4.16. The summed E-state index contributed by atoms with van der Waals surface area (Å²) in [4.78, 5) is 6.59. The van der Waals surface area contributed by atoms with E-state index in [1.54, 1.807) is 0 Å². The normalized spacial score (nSPS) is 17.3. The Morgan fingerprint density at radius 1 is 1.33 bits per heavy atom. The number of aromatic nitrogens is 2. The molecule has 7 nitrogen and oxygen atoms in total. The molecule has 0 amide bonds. The van der Waals surface area contributed by atoms with E-state index < -0.39 is 11.9 Å². The fourth-order valence-electron chi connectivity index (χ4n) is 2.79. The van der Waals surface area contributed by atoms with Crippen LogP contribution in [0.15, 0.2) is 11.2 Å². The molecule has 27 heavy (non-hydrogen) atoms. The minimum Gasteiger partial charge on any atom is -0.379 e. The fourth-order valence-corrected chi connectivity index (χ4v) is 2.79. The molecule has 0 aromatic carbocycles. The number of nitrogens with zero attached hydrogens (tertiary/aromatic N) is 4. The highest BCUT2D eigenvalue weighted by Crippen LogP contribution is 2.30. The zero-order valence-electron chi connectivity index (χ0n) is 15.8. The van der Waals surface area contributed by atoms with Crippen LogP contribution in [0.4, 0.5) is 13.2 Å². The second kappa shape index (κ2) is 11.1. The summed E-state index contributed by atoms with van der Waals surface area (Å²) in [5.41, 5.74) is -0.834. The standard InChI is InChI=1S/C16H27F3N6O.HI/c1-4-20-15(21-9-12(2)25-5-7-26-8-6-25)22-10-13-11-24(3)23-14(13)16(17,18)19;/h11-12H,4-10H2,1-3H3,(H2,20,21,22);1H. The zero-order chi connectivity index (χ0) is 19.2. The molecular weight excluding hydrogens is 476 g/mol. The van der Waals surface area contributed by atoms with Crippen LogP contribution in [0.25, 0.3) is 0 Å². The van der Waals surface area contributed by atoms with Gasteiger partial charge in [0.15, 0.2) is 11.7 Å². The summed E-state index contributed by atoms with van der Waals surface area (Å²) >= 11 is 0. The first-order valence-electron chi connectivity index (χ1n) is 8.75. The molecule has 1 aliphatic rings. The summed E-state index contributed by atoms with van der Waals surface area (Å²) in [6, 6.07) is 0.270. The van der Waals surface area contributed by atoms with E-state index in [-0.39, 0.29) is 42.1 Å². The van der Waals surface area contributed by atoms with Gasteiger partial charge < -0.3 is 15.4 Å². The van der Waals surface area contributed by atoms with E-state index in [0.717, 1.165) is 31.0 Å². The predicted octanol–water partition coefficient (Wildman–Crippen LogP) is 1.83. The highest BCUT2D eigenvalue weighted by Gasteiger charge is 2.36. The van der Waals surface area contributed by atoms with E-state index in [1.807, 2.05) is 6.92 Å². The van der Waals surface area contributed by atoms with E-state index >= 15 is 0 Å². The average molecular weight is 504 g/mol. The molecule has 0 aliphatic carbocycles. The first kappa shape index (κ1) is 24.0. The molecule has 0 spiro atoms. The first-order chi connectivity index (χ1) is 12.3. The first-order valence-corrected chi connectivity index (χ1v) is 8.75. The molecule has 1 aliphatic heterocycles. The zero-order valence-corrected chi connectivity index (χ0v) is 18.2. The Hall–Kier alpha value is -1.08. The second-order valence-electron chi connectivity index (χ2n) is 6.25. The number of guanidine groups is 1. The fraction of sp³-hybridized carbons (Fsp3) is 0.750. The number of aliphatic imine (C=N–C) groups is 1. The quantitative estimate of drug-likeness (QED) is 0.352. The molecule has 1 saturated heterocycles. The maximum atomic E-state index is 13.0. The number of hydrogen-bond acceptors (Lipinski definition) is 4. The van der Waals surface area contributed by atoms with E-state index in [0.29, 0.717) is 19.0 Å². The number of aryl methyl sites for hydroxylation is 1. The van der Waals surface area contributed by atoms with Gasteiger partial charge in [-0.1, -0.05) is 0 Å². The van der Waals surface area contributed by atoms with Crippen molar-refractivity contribution in [3.05, 3.63) is 17.5 Å². The Morgan fingerprint density at radius 2 is 2.00 bits per heavy atom. The van der Waals surface area contributed by atoms with Crippen molar-refractivity contribution in [1.29, 1.82) is 0 Å². The minimum absolute atomic E-state index is 0. The lowest BCUT2D eigenvalue weighted by atomic mass is 10.2. The van der Waals surface area contributed by atoms with Gasteiger partial charge in [0.2, 0.25) is 0 Å². The van der Waals surface area contributed by atoms with Crippen molar-refractivity contribution in [2.24, 2.45) is 12.0 Å². The summed E-state index contributed by atoms with van der Waals surface area (Å²) in [5.74, 6) is 0.490. The SMILES string of the molecule is CCNC(=NCc1cn(C)nc1C(F)(F)F)NCC(C)N1CCOCC1.I. The van der Waals surface area contributed by atoms with Crippen molar-refractivity contribution in [3.63, 3.8) is 0 Å². The van der Waals surface area contributed by atoms with Crippen LogP contribution in [0.1, 0.15) is 25.1 Å². The molecule has 156 valence electrons. The second-order valence-corrected chi connectivity index (χ2v) is 6.25. The molecule has 1 atom stereocenters. The highest BCUT2D eigenvalue weighted by molar-refractivity contribution is 14.0. The van der Waals surface area contributed by atoms with Crippen LogP contribution in [0.2, 0.25) is 0 Å². The average Bonchev–Trinajstić information content (AvgIpc) is 2.99. The lowest BCUT2D eigenvalue weighted by Gasteiger charge is -2.32. The molecule has 2 heterocycles. The number of halogens is 4. The molecule has 0 radical (unpaired) electrons. The third kappa shape index (κ3) is 7.45. The maximum Gasteiger partial charge on any atom is 0.435 e. The number of alkyl halides is 3. The number of nitrogens with one attached hydrogen (secondary N) is 2. The number of morpholine rings is 1. The summed E-state index contributed by atoms with van der Waals surface area (Å²) in [6.07, 6.45) is -3.13. The smallest absolute Gasteiger partial charge is 0.379 e. The molecule has 1 aromatic heterocycles. The van der Waals surface area contributed by atoms with Crippen LogP contribution >= 0.6 is 24.0 Å². The van der Waals surface area contributed by atoms with Crippen molar-refractivity contribution >= 4 is 29.9 Å². The number of ether oxygens (including phenoxy) is 1. The highest BCUT2D eigenvalue weighted by atomic mass is 127. The lowest BCUT2D eigenvalue weighted by Crippen LogP contribution is -2.49. The van der Waals surface area contributed by atoms with Crippen molar-refractivity contribution in [2.75, 3.05) is 39.4 Å². The van der Waals surface area contributed by atoms with Gasteiger partial charge in [0.25, 0.3) is 0 Å². The van der Waals surface area contributed by atoms with Gasteiger partial charge in [0.05, 0.1) is 19.8 Å². The van der Waals surface area contributed by atoms with Gasteiger partial charge in [-0.05, 0) is 13.8 Å². The van der Waals surface area contributed by atoms with E-state index in [2.05, 4.69) is 32.5 Å². The van der Waals surface area contributed by atoms with Gasteiger partial charge in [-0.2, -0.15) is 18.3 Å². The number of hydrogen-bond donors (Lipinski definition) is 2. The molecule has 1 aromatic rings. The van der Waals surface area contributed by atoms with Crippen molar-refractivity contribution in [2.45, 2.75) is 32.6 Å². The molecule has 2 rings (SSSR count). The summed E-state index contributed by atoms with van der Waals surface area (Å²) in [5, 5.41) is 9.77. The molecule has 1 fully saturated rings. The van der Waals surface area contributed by atoms with Gasteiger partial charge in [-0.3, -0.25) is 9.58 Å². The van der Waals surface area contributed by atoms with Crippen LogP contribution in [0.5, 0.6) is 0 Å². The topological polar surface area (TPSA) is 66.7 Å². The molecule has 0 bridgehead atoms. The third-order valence-electron chi connectivity index (χ3n) is 4.16. The largest absolute Gasteiger partial charge is 0.435 e. The van der Waals surface area contributed by atoms with Crippen LogP contribution in [0, 0.1) is 0 Å². The Balaban J connectivity index is 0.00000364. The van der Waals surface area contributed by atoms with Crippen molar-refractivity contribution in [3.8, 4) is 0 Å². The molecule has 1 unspecified atom stereocenters. The summed E-state index contributed by atoms with van der Waals surface area (Å²) in [7, 11) is 1.47. The van der Waals surface area contributed by atoms with Crippen LogP contribution in [-0.4, -0.2) is 66.1 Å². The lowest BCUT2D eigenvalue weighted by molar-refractivity contribution is -0.142. The summed E-state index contributed by atoms with van der Waals surface area (Å²) in [6.45, 7) is 8.38. The number of rotatable bonds is 6. The summed E-state index contributed by atoms with van der Waals surface area (Å²) < 4.78 is 45.6. The van der Waals surface area contributed by atoms with E-state index in [9.17, 15) is 13.2 Å². The van der Waals surface area contributed by atoms with Crippen molar-refractivity contribution in [1.82, 2.24) is 25.3 Å². The van der Waals surface area contributed by atoms with Gasteiger partial charge in [0.1, 0.15) is 0 Å². The molecule has 2 N–H and O–H groups in total. The Labute approximate surface area is 174 Å². The minimum atomic E-state index is -4.48. The molecular formula is C16H28F3IN6O. The van der Waals surface area contributed by atoms with Crippen LogP contribution in [0.3, 0.4) is 0 Å². The Morgan fingerprint density at radius 3 is 2.59 bits per heavy atom. The van der Waals surface area contributed by atoms with Crippen LogP contribution in [-0.2, 0) is 24.5 Å². The van der Waals surface area contributed by atoms with E-state index in [1.165, 1.54) is 13.2 Å². The van der Waals surface area contributed by atoms with Gasteiger partial charge >= 0.3 is 6.18 Å². The maximum absolute atomic E-state index is 13.0. The predicted molar refractivity (Wildman–Crippen MR) is 108 cm³/mol. The van der Waals surface area contributed by atoms with Crippen molar-refractivity contribution < 1.29 is 17.9 Å².